The highest BCUT2D eigenvalue weighted by Crippen LogP contribution is 2.23. The van der Waals surface area contributed by atoms with Gasteiger partial charge >= 0.3 is 5.97 Å². The third kappa shape index (κ3) is 4.17. The molecule has 2 rings (SSSR count). The molecular weight excluding hydrogens is 302 g/mol. The van der Waals surface area contributed by atoms with Crippen molar-refractivity contribution in [3.05, 3.63) is 16.3 Å². The van der Waals surface area contributed by atoms with Gasteiger partial charge in [0.05, 0.1) is 19.3 Å². The van der Waals surface area contributed by atoms with E-state index < -0.39 is 5.97 Å². The maximum Gasteiger partial charge on any atom is 0.350 e. The van der Waals surface area contributed by atoms with Crippen LogP contribution in [0.3, 0.4) is 0 Å². The lowest BCUT2D eigenvalue weighted by Crippen LogP contribution is -2.33. The highest BCUT2D eigenvalue weighted by Gasteiger charge is 2.22. The van der Waals surface area contributed by atoms with E-state index in [2.05, 4.69) is 10.1 Å². The van der Waals surface area contributed by atoms with Crippen LogP contribution in [0.25, 0.3) is 0 Å². The summed E-state index contributed by atoms with van der Waals surface area (Å²) >= 11 is 1.24. The highest BCUT2D eigenvalue weighted by molar-refractivity contribution is 7.12. The largest absolute Gasteiger partial charge is 0.465 e. The predicted octanol–water partition coefficient (Wildman–Crippen LogP) is 0.928. The molecule has 3 N–H and O–H groups in total. The number of amides is 1. The Labute approximate surface area is 127 Å². The van der Waals surface area contributed by atoms with E-state index in [0.29, 0.717) is 17.1 Å². The Hall–Kier alpha value is -1.15. The zero-order valence-electron chi connectivity index (χ0n) is 11.1. The summed E-state index contributed by atoms with van der Waals surface area (Å²) in [4.78, 5) is 25.8. The molecule has 0 aliphatic carbocycles. The molecule has 20 heavy (non-hydrogen) atoms. The Morgan fingerprint density at radius 1 is 1.60 bits per heavy atom. The van der Waals surface area contributed by atoms with Crippen molar-refractivity contribution in [2.75, 3.05) is 32.1 Å². The van der Waals surface area contributed by atoms with Crippen molar-refractivity contribution in [2.45, 2.75) is 12.5 Å². The van der Waals surface area contributed by atoms with E-state index >= 15 is 0 Å². The lowest BCUT2D eigenvalue weighted by atomic mass is 10.3. The first kappa shape index (κ1) is 16.9. The Balaban J connectivity index is 0.00000200. The third-order valence-electron chi connectivity index (χ3n) is 2.99. The number of nitrogens with two attached hydrogens (primary N) is 1. The van der Waals surface area contributed by atoms with E-state index in [1.165, 1.54) is 18.4 Å². The van der Waals surface area contributed by atoms with E-state index in [1.807, 2.05) is 4.90 Å². The molecule has 112 valence electrons. The molecule has 1 amide bonds. The predicted molar refractivity (Wildman–Crippen MR) is 80.6 cm³/mol. The molecule has 1 aliphatic heterocycles. The lowest BCUT2D eigenvalue weighted by Gasteiger charge is -2.14. The van der Waals surface area contributed by atoms with Crippen LogP contribution in [-0.2, 0) is 9.53 Å². The summed E-state index contributed by atoms with van der Waals surface area (Å²) in [7, 11) is 1.32. The zero-order valence-corrected chi connectivity index (χ0v) is 12.8. The molecule has 0 saturated carbocycles. The van der Waals surface area contributed by atoms with Gasteiger partial charge in [-0.15, -0.1) is 23.7 Å². The van der Waals surface area contributed by atoms with Crippen LogP contribution < -0.4 is 11.1 Å². The van der Waals surface area contributed by atoms with Gasteiger partial charge in [0.15, 0.2) is 0 Å². The monoisotopic (exact) mass is 319 g/mol. The molecule has 1 fully saturated rings. The molecule has 0 unspecified atom stereocenters. The van der Waals surface area contributed by atoms with Crippen LogP contribution in [0.5, 0.6) is 0 Å². The van der Waals surface area contributed by atoms with Gasteiger partial charge in [0, 0.05) is 19.1 Å². The van der Waals surface area contributed by atoms with E-state index in [9.17, 15) is 9.59 Å². The van der Waals surface area contributed by atoms with Crippen molar-refractivity contribution in [1.29, 1.82) is 0 Å². The van der Waals surface area contributed by atoms with Crippen molar-refractivity contribution >= 4 is 41.3 Å². The first-order valence-electron chi connectivity index (χ1n) is 6.03. The first-order chi connectivity index (χ1) is 9.10. The quantitative estimate of drug-likeness (QED) is 0.806. The van der Waals surface area contributed by atoms with Gasteiger partial charge < -0.3 is 15.8 Å². The van der Waals surface area contributed by atoms with Crippen LogP contribution >= 0.6 is 23.7 Å². The topological polar surface area (TPSA) is 84.7 Å². The van der Waals surface area contributed by atoms with E-state index in [-0.39, 0.29) is 24.4 Å². The van der Waals surface area contributed by atoms with Crippen LogP contribution in [0.1, 0.15) is 16.1 Å². The fraction of sp³-hybridized carbons (Fsp3) is 0.500. The molecule has 1 saturated heterocycles. The minimum atomic E-state index is -0.437. The maximum atomic E-state index is 11.9. The van der Waals surface area contributed by atoms with Crippen LogP contribution in [0.4, 0.5) is 5.69 Å². The van der Waals surface area contributed by atoms with Crippen LogP contribution in [0.15, 0.2) is 11.4 Å². The molecule has 1 atom stereocenters. The number of anilines is 1. The van der Waals surface area contributed by atoms with Gasteiger partial charge in [-0.2, -0.15) is 0 Å². The van der Waals surface area contributed by atoms with E-state index in [0.717, 1.165) is 19.5 Å². The van der Waals surface area contributed by atoms with Gasteiger partial charge in [-0.3, -0.25) is 9.69 Å². The number of hydrogen-bond acceptors (Lipinski definition) is 6. The molecule has 2 heterocycles. The van der Waals surface area contributed by atoms with Crippen LogP contribution in [0.2, 0.25) is 0 Å². The maximum absolute atomic E-state index is 11.9. The molecule has 1 aromatic heterocycles. The number of nitrogens with one attached hydrogen (secondary N) is 1. The number of likely N-dealkylation sites (tertiary alicyclic amines) is 1. The number of carbonyl (C=O) groups is 2. The third-order valence-corrected chi connectivity index (χ3v) is 3.88. The number of thiophene rings is 1. The second-order valence-electron chi connectivity index (χ2n) is 4.49. The Morgan fingerprint density at radius 2 is 2.35 bits per heavy atom. The first-order valence-corrected chi connectivity index (χ1v) is 6.91. The molecular formula is C12H18ClN3O3S. The number of carbonyl (C=O) groups excluding carboxylic acids is 2. The summed E-state index contributed by atoms with van der Waals surface area (Å²) in [6.07, 6.45) is 0.916. The summed E-state index contributed by atoms with van der Waals surface area (Å²) in [5.41, 5.74) is 6.29. The standard InChI is InChI=1S/C12H17N3O3S.ClH/c1-18-12(17)11-9(3-5-19-11)14-10(16)7-15-4-2-8(13)6-15;/h3,5,8H,2,4,6-7,13H2,1H3,(H,14,16);1H/t8-;/m1./s1. The SMILES string of the molecule is COC(=O)c1sccc1NC(=O)CN1CC[C@@H](N)C1.Cl. The summed E-state index contributed by atoms with van der Waals surface area (Å²) in [6.45, 7) is 1.87. The van der Waals surface area contributed by atoms with Gasteiger partial charge in [0.25, 0.3) is 0 Å². The average molecular weight is 320 g/mol. The molecule has 0 bridgehead atoms. The highest BCUT2D eigenvalue weighted by atomic mass is 35.5. The number of rotatable bonds is 4. The van der Waals surface area contributed by atoms with Gasteiger partial charge in [0.1, 0.15) is 4.88 Å². The van der Waals surface area contributed by atoms with Crippen LogP contribution in [-0.4, -0.2) is 49.6 Å². The second kappa shape index (κ2) is 7.58. The Bertz CT molecular complexity index is 480. The summed E-state index contributed by atoms with van der Waals surface area (Å²) in [5, 5.41) is 4.48. The normalized spacial score (nSPS) is 18.4. The fourth-order valence-electron chi connectivity index (χ4n) is 2.06. The van der Waals surface area contributed by atoms with Gasteiger partial charge in [0.2, 0.25) is 5.91 Å². The van der Waals surface area contributed by atoms with Crippen LogP contribution in [0, 0.1) is 0 Å². The van der Waals surface area contributed by atoms with E-state index in [1.54, 1.807) is 11.4 Å². The smallest absolute Gasteiger partial charge is 0.350 e. The molecule has 6 nitrogen and oxygen atoms in total. The van der Waals surface area contributed by atoms with Crippen molar-refractivity contribution in [1.82, 2.24) is 4.90 Å². The molecule has 0 aromatic carbocycles. The number of hydrogen-bond donors (Lipinski definition) is 2. The number of nitrogens with zero attached hydrogens (tertiary/aromatic N) is 1. The van der Waals surface area contributed by atoms with Crippen molar-refractivity contribution in [2.24, 2.45) is 5.73 Å². The molecule has 8 heteroatoms. The number of halogens is 1. The second-order valence-corrected chi connectivity index (χ2v) is 5.40. The number of methoxy groups -OCH3 is 1. The van der Waals surface area contributed by atoms with Crippen molar-refractivity contribution in [3.8, 4) is 0 Å². The molecule has 1 aliphatic rings. The lowest BCUT2D eigenvalue weighted by molar-refractivity contribution is -0.117. The van der Waals surface area contributed by atoms with E-state index in [4.69, 9.17) is 5.73 Å². The summed E-state index contributed by atoms with van der Waals surface area (Å²) in [5.74, 6) is -0.578. The van der Waals surface area contributed by atoms with Gasteiger partial charge in [-0.25, -0.2) is 4.79 Å². The van der Waals surface area contributed by atoms with Crippen molar-refractivity contribution in [3.63, 3.8) is 0 Å². The fourth-order valence-corrected chi connectivity index (χ4v) is 2.82. The van der Waals surface area contributed by atoms with Gasteiger partial charge in [-0.05, 0) is 17.9 Å². The average Bonchev–Trinajstić information content (AvgIpc) is 2.97. The number of esters is 1. The minimum Gasteiger partial charge on any atom is -0.465 e. The minimum absolute atomic E-state index is 0. The number of ether oxygens (including phenoxy) is 1. The molecule has 0 radical (unpaired) electrons. The molecule has 0 spiro atoms. The molecule has 1 aromatic rings. The summed E-state index contributed by atoms with van der Waals surface area (Å²) < 4.78 is 4.66. The summed E-state index contributed by atoms with van der Waals surface area (Å²) in [6, 6.07) is 1.85. The Kier molecular flexibility index (Phi) is 6.41. The Morgan fingerprint density at radius 3 is 2.95 bits per heavy atom. The van der Waals surface area contributed by atoms with Crippen molar-refractivity contribution < 1.29 is 14.3 Å². The zero-order chi connectivity index (χ0) is 13.8. The van der Waals surface area contributed by atoms with Gasteiger partial charge in [-0.1, -0.05) is 0 Å².